The van der Waals surface area contributed by atoms with E-state index in [1.807, 2.05) is 27.7 Å². The number of nitrogens with zero attached hydrogens (tertiary/aromatic N) is 2. The Kier molecular flexibility index (Phi) is 6.51. The predicted octanol–water partition coefficient (Wildman–Crippen LogP) is 1.60. The van der Waals surface area contributed by atoms with E-state index in [0.717, 1.165) is 0 Å². The molecule has 1 atom stereocenters. The Bertz CT molecular complexity index is 631. The van der Waals surface area contributed by atoms with Crippen LogP contribution in [0.15, 0.2) is 12.3 Å². The number of aromatic nitrogens is 1. The maximum atomic E-state index is 12.3. The lowest BCUT2D eigenvalue weighted by Crippen LogP contribution is -2.41. The van der Waals surface area contributed by atoms with Gasteiger partial charge in [0.1, 0.15) is 0 Å². The second-order valence-corrected chi connectivity index (χ2v) is 8.57. The molecule has 0 aliphatic carbocycles. The highest BCUT2D eigenvalue weighted by molar-refractivity contribution is 7.84. The van der Waals surface area contributed by atoms with Gasteiger partial charge in [0.15, 0.2) is 16.3 Å². The number of halogens is 1. The first-order valence-electron chi connectivity index (χ1n) is 7.97. The highest BCUT2D eigenvalue weighted by atomic mass is 35.5. The largest absolute Gasteiger partial charge is 0.496 e. The zero-order chi connectivity index (χ0) is 18.8. The maximum Gasteiger partial charge on any atom is 0.496 e. The van der Waals surface area contributed by atoms with Crippen LogP contribution in [-0.2, 0) is 25.2 Å². The van der Waals surface area contributed by atoms with Gasteiger partial charge in [-0.15, -0.1) is 0 Å². The minimum atomic E-state index is -1.47. The molecule has 1 saturated heterocycles. The molecule has 1 aliphatic heterocycles. The molecule has 0 aromatic carbocycles. The number of hydrogen-bond acceptors (Lipinski definition) is 5. The Hall–Kier alpha value is -0.705. The highest BCUT2D eigenvalue weighted by Gasteiger charge is 2.51. The van der Waals surface area contributed by atoms with Crippen LogP contribution in [-0.4, -0.2) is 59.1 Å². The van der Waals surface area contributed by atoms with Crippen LogP contribution in [0.5, 0.6) is 0 Å². The number of nitrogens with one attached hydrogen (secondary N) is 1. The lowest BCUT2D eigenvalue weighted by atomic mass is 9.80. The quantitative estimate of drug-likeness (QED) is 0.566. The van der Waals surface area contributed by atoms with Gasteiger partial charge in [-0.3, -0.25) is 4.72 Å². The lowest BCUT2D eigenvalue weighted by molar-refractivity contribution is 0.00578. The third-order valence-corrected chi connectivity index (χ3v) is 5.92. The minimum Gasteiger partial charge on any atom is -0.399 e. The summed E-state index contributed by atoms with van der Waals surface area (Å²) in [6.45, 7) is 8.91. The molecule has 1 aromatic heterocycles. The summed E-state index contributed by atoms with van der Waals surface area (Å²) >= 11 is 4.66. The van der Waals surface area contributed by atoms with Crippen molar-refractivity contribution in [2.45, 2.75) is 38.9 Å². The molecule has 1 N–H and O–H groups in total. The molecule has 25 heavy (non-hydrogen) atoms. The van der Waals surface area contributed by atoms with Crippen LogP contribution < -0.4 is 10.2 Å². The summed E-state index contributed by atoms with van der Waals surface area (Å²) in [7, 11) is 2.76. The van der Waals surface area contributed by atoms with Crippen LogP contribution in [0, 0.1) is 0 Å². The monoisotopic (exact) mass is 389 g/mol. The summed E-state index contributed by atoms with van der Waals surface area (Å²) in [6, 6.07) is 1.75. The van der Waals surface area contributed by atoms with Crippen LogP contribution >= 0.6 is 11.6 Å². The van der Waals surface area contributed by atoms with Crippen LogP contribution in [0.25, 0.3) is 0 Å². The number of anilines is 1. The molecular weight excluding hydrogens is 365 g/mol. The third kappa shape index (κ3) is 4.72. The van der Waals surface area contributed by atoms with E-state index in [-0.39, 0.29) is 5.15 Å². The number of hydrogen-bond donors (Lipinski definition) is 1. The fourth-order valence-corrected chi connectivity index (χ4v) is 3.07. The molecular formula is C15H25BClN3O4S. The summed E-state index contributed by atoms with van der Waals surface area (Å²) in [6.07, 6.45) is 1.60. The summed E-state index contributed by atoms with van der Waals surface area (Å²) in [5, 5.41) is 0.230. The average molecular weight is 390 g/mol. The summed E-state index contributed by atoms with van der Waals surface area (Å²) in [4.78, 5) is 4.16. The van der Waals surface area contributed by atoms with E-state index in [1.165, 1.54) is 0 Å². The van der Waals surface area contributed by atoms with E-state index in [1.54, 1.807) is 30.7 Å². The van der Waals surface area contributed by atoms with E-state index < -0.39 is 29.5 Å². The fourth-order valence-electron chi connectivity index (χ4n) is 2.12. The van der Waals surface area contributed by atoms with Gasteiger partial charge in [-0.1, -0.05) is 11.6 Å². The average Bonchev–Trinajstić information content (AvgIpc) is 2.75. The molecule has 1 fully saturated rings. The van der Waals surface area contributed by atoms with Crippen molar-refractivity contribution in [3.63, 3.8) is 0 Å². The van der Waals surface area contributed by atoms with Crippen molar-refractivity contribution in [3.8, 4) is 0 Å². The molecule has 0 spiro atoms. The van der Waals surface area contributed by atoms with Gasteiger partial charge < -0.3 is 14.0 Å². The fraction of sp³-hybridized carbons (Fsp3) is 0.667. The molecule has 140 valence electrons. The van der Waals surface area contributed by atoms with E-state index in [2.05, 4.69) is 9.71 Å². The third-order valence-electron chi connectivity index (χ3n) is 4.48. The molecule has 2 heterocycles. The molecule has 0 saturated carbocycles. The van der Waals surface area contributed by atoms with Gasteiger partial charge in [-0.25, -0.2) is 13.5 Å². The number of rotatable bonds is 7. The topological polar surface area (TPSA) is 72.9 Å². The van der Waals surface area contributed by atoms with Crippen molar-refractivity contribution in [1.82, 2.24) is 9.29 Å². The number of pyridine rings is 1. The number of methoxy groups -OCH3 is 1. The zero-order valence-electron chi connectivity index (χ0n) is 15.5. The van der Waals surface area contributed by atoms with Crippen molar-refractivity contribution in [3.05, 3.63) is 17.4 Å². The standard InChI is InChI=1S/C15H25BClN3O4S/c1-14(2)15(3,4)24-16(23-14)11-9-12(13(17)18-10-11)19-25(21)20(5)7-8-22-6/h9-10,19H,7-8H2,1-6H3. The Morgan fingerprint density at radius 3 is 2.52 bits per heavy atom. The molecule has 7 nitrogen and oxygen atoms in total. The van der Waals surface area contributed by atoms with Gasteiger partial charge in [-0.2, -0.15) is 0 Å². The maximum absolute atomic E-state index is 12.3. The molecule has 2 rings (SSSR count). The van der Waals surface area contributed by atoms with E-state index >= 15 is 0 Å². The molecule has 0 bridgehead atoms. The highest BCUT2D eigenvalue weighted by Crippen LogP contribution is 2.36. The van der Waals surface area contributed by atoms with Crippen molar-refractivity contribution < 1.29 is 18.3 Å². The van der Waals surface area contributed by atoms with Gasteiger partial charge in [0, 0.05) is 32.4 Å². The van der Waals surface area contributed by atoms with E-state index in [4.69, 9.17) is 25.6 Å². The number of ether oxygens (including phenoxy) is 1. The van der Waals surface area contributed by atoms with E-state index in [0.29, 0.717) is 24.3 Å². The van der Waals surface area contributed by atoms with Crippen LogP contribution in [0.3, 0.4) is 0 Å². The normalized spacial score (nSPS) is 20.1. The Morgan fingerprint density at radius 2 is 1.96 bits per heavy atom. The van der Waals surface area contributed by atoms with Crippen LogP contribution in [0.1, 0.15) is 27.7 Å². The predicted molar refractivity (Wildman–Crippen MR) is 101 cm³/mol. The first kappa shape index (κ1) is 20.6. The second-order valence-electron chi connectivity index (χ2n) is 6.89. The Labute approximate surface area is 157 Å². The minimum absolute atomic E-state index is 0.230. The van der Waals surface area contributed by atoms with Gasteiger partial charge >= 0.3 is 7.12 Å². The van der Waals surface area contributed by atoms with Crippen molar-refractivity contribution >= 4 is 41.0 Å². The van der Waals surface area contributed by atoms with Crippen molar-refractivity contribution in [2.75, 3.05) is 32.0 Å². The molecule has 0 amide bonds. The molecule has 1 aromatic rings. The summed E-state index contributed by atoms with van der Waals surface area (Å²) in [5.41, 5.74) is 0.265. The van der Waals surface area contributed by atoms with Crippen molar-refractivity contribution in [2.24, 2.45) is 0 Å². The first-order valence-corrected chi connectivity index (χ1v) is 9.45. The van der Waals surface area contributed by atoms with Crippen molar-refractivity contribution in [1.29, 1.82) is 0 Å². The molecule has 1 unspecified atom stereocenters. The molecule has 1 aliphatic rings. The van der Waals surface area contributed by atoms with Gasteiger partial charge in [0.05, 0.1) is 23.5 Å². The van der Waals surface area contributed by atoms with Crippen LogP contribution in [0.4, 0.5) is 5.69 Å². The smallest absolute Gasteiger partial charge is 0.399 e. The Balaban J connectivity index is 2.15. The van der Waals surface area contributed by atoms with E-state index in [9.17, 15) is 4.21 Å². The lowest BCUT2D eigenvalue weighted by Gasteiger charge is -2.32. The van der Waals surface area contributed by atoms with Gasteiger partial charge in [0.25, 0.3) is 0 Å². The second kappa shape index (κ2) is 7.90. The first-order chi connectivity index (χ1) is 11.6. The zero-order valence-corrected chi connectivity index (χ0v) is 17.0. The summed E-state index contributed by atoms with van der Waals surface area (Å²) < 4.78 is 33.8. The number of likely N-dealkylation sites (N-methyl/N-ethyl adjacent to an activating group) is 1. The van der Waals surface area contributed by atoms with Gasteiger partial charge in [-0.05, 0) is 33.8 Å². The SMILES string of the molecule is COCCN(C)S(=O)Nc1cc(B2OC(C)(C)C(C)(C)O2)cnc1Cl. The van der Waals surface area contributed by atoms with Gasteiger partial charge in [0.2, 0.25) is 0 Å². The summed E-state index contributed by atoms with van der Waals surface area (Å²) in [5.74, 6) is 0. The molecule has 0 radical (unpaired) electrons. The van der Waals surface area contributed by atoms with Crippen LogP contribution in [0.2, 0.25) is 5.15 Å². The Morgan fingerprint density at radius 1 is 1.36 bits per heavy atom. The molecule has 10 heteroatoms.